The Balaban J connectivity index is 1.78. The molecule has 1 heterocycles. The van der Waals surface area contributed by atoms with Crippen molar-refractivity contribution in [1.82, 2.24) is 4.98 Å². The summed E-state index contributed by atoms with van der Waals surface area (Å²) in [7, 11) is -3.80. The van der Waals surface area contributed by atoms with E-state index < -0.39 is 13.4 Å². The highest BCUT2D eigenvalue weighted by atomic mass is 31.2. The van der Waals surface area contributed by atoms with E-state index in [0.717, 1.165) is 11.3 Å². The molecular weight excluding hydrogens is 395 g/mol. The van der Waals surface area contributed by atoms with Crippen LogP contribution in [0.25, 0.3) is 0 Å². The first kappa shape index (κ1) is 19.7. The number of nitrogens with zero attached hydrogens (tertiary/aromatic N) is 1. The van der Waals surface area contributed by atoms with Crippen molar-refractivity contribution in [1.29, 1.82) is 0 Å². The Morgan fingerprint density at radius 1 is 0.667 bits per heavy atom. The average Bonchev–Trinajstić information content (AvgIpc) is 2.80. The molecule has 3 aromatic carbocycles. The van der Waals surface area contributed by atoms with E-state index in [1.54, 1.807) is 48.8 Å². The number of benzene rings is 3. The van der Waals surface area contributed by atoms with Crippen molar-refractivity contribution in [2.45, 2.75) is 5.78 Å². The smallest absolute Gasteiger partial charge is 0.414 e. The number of para-hydroxylation sites is 3. The van der Waals surface area contributed by atoms with Crippen LogP contribution < -0.4 is 14.4 Å². The number of aromatic nitrogens is 1. The molecule has 0 bridgehead atoms. The van der Waals surface area contributed by atoms with Crippen LogP contribution in [0, 0.1) is 0 Å². The third kappa shape index (κ3) is 4.88. The zero-order valence-electron chi connectivity index (χ0n) is 16.2. The zero-order valence-corrected chi connectivity index (χ0v) is 17.1. The molecule has 4 rings (SSSR count). The maximum atomic E-state index is 14.3. The van der Waals surface area contributed by atoms with Gasteiger partial charge >= 0.3 is 7.60 Å². The van der Waals surface area contributed by atoms with Crippen molar-refractivity contribution >= 4 is 13.3 Å². The van der Waals surface area contributed by atoms with E-state index in [9.17, 15) is 4.57 Å². The summed E-state index contributed by atoms with van der Waals surface area (Å²) >= 11 is 0. The van der Waals surface area contributed by atoms with Crippen molar-refractivity contribution in [3.63, 3.8) is 0 Å². The molecule has 0 aliphatic rings. The molecule has 0 saturated carbocycles. The summed E-state index contributed by atoms with van der Waals surface area (Å²) in [5, 5.41) is 3.34. The molecule has 0 aliphatic heterocycles. The Morgan fingerprint density at radius 3 is 1.63 bits per heavy atom. The van der Waals surface area contributed by atoms with E-state index in [1.807, 2.05) is 66.7 Å². The van der Waals surface area contributed by atoms with Crippen LogP contribution in [0.5, 0.6) is 11.5 Å². The molecule has 30 heavy (non-hydrogen) atoms. The summed E-state index contributed by atoms with van der Waals surface area (Å²) in [6.45, 7) is 0. The molecule has 0 amide bonds. The summed E-state index contributed by atoms with van der Waals surface area (Å²) in [6.07, 6.45) is 3.31. The largest absolute Gasteiger partial charge is 0.457 e. The standard InChI is InChI=1S/C24H21N2O3P/c27-30(28-22-12-6-2-7-13-22,29-23-14-8-3-9-15-23)24(20-16-18-25-19-17-20)26-21-10-4-1-5-11-21/h1-19,24,26H/t24-/m0/s1. The van der Waals surface area contributed by atoms with E-state index in [2.05, 4.69) is 10.3 Å². The molecule has 0 unspecified atom stereocenters. The Morgan fingerprint density at radius 2 is 1.13 bits per heavy atom. The van der Waals surface area contributed by atoms with Crippen LogP contribution in [0.4, 0.5) is 5.69 Å². The van der Waals surface area contributed by atoms with E-state index in [1.165, 1.54) is 0 Å². The van der Waals surface area contributed by atoms with Gasteiger partial charge in [0.05, 0.1) is 0 Å². The summed E-state index contributed by atoms with van der Waals surface area (Å²) in [6, 6.07) is 31.2. The summed E-state index contributed by atoms with van der Waals surface area (Å²) in [4.78, 5) is 4.09. The van der Waals surface area contributed by atoms with Gasteiger partial charge in [-0.05, 0) is 54.1 Å². The third-order valence-corrected chi connectivity index (χ3v) is 6.36. The maximum Gasteiger partial charge on any atom is 0.457 e. The first-order valence-corrected chi connectivity index (χ1v) is 11.1. The lowest BCUT2D eigenvalue weighted by Crippen LogP contribution is -2.18. The van der Waals surface area contributed by atoms with Crippen LogP contribution in [-0.4, -0.2) is 4.98 Å². The number of rotatable bonds is 8. The fourth-order valence-electron chi connectivity index (χ4n) is 2.96. The zero-order chi connectivity index (χ0) is 20.7. The van der Waals surface area contributed by atoms with Crippen molar-refractivity contribution in [2.24, 2.45) is 0 Å². The van der Waals surface area contributed by atoms with Gasteiger partial charge in [0, 0.05) is 18.1 Å². The van der Waals surface area contributed by atoms with E-state index in [0.29, 0.717) is 11.5 Å². The highest BCUT2D eigenvalue weighted by molar-refractivity contribution is 7.55. The first-order chi connectivity index (χ1) is 14.7. The Kier molecular flexibility index (Phi) is 6.11. The summed E-state index contributed by atoms with van der Waals surface area (Å²) in [5.74, 6) is 0.166. The van der Waals surface area contributed by atoms with E-state index in [4.69, 9.17) is 9.05 Å². The molecule has 1 N–H and O–H groups in total. The monoisotopic (exact) mass is 416 g/mol. The minimum Gasteiger partial charge on any atom is -0.414 e. The van der Waals surface area contributed by atoms with Crippen LogP contribution in [-0.2, 0) is 4.57 Å². The SMILES string of the molecule is O=P(Oc1ccccc1)(Oc1ccccc1)[C@H](Nc1ccccc1)c1ccncc1. The predicted octanol–water partition coefficient (Wildman–Crippen LogP) is 6.54. The lowest BCUT2D eigenvalue weighted by Gasteiger charge is -2.29. The Hall–Kier alpha value is -3.56. The number of pyridine rings is 1. The van der Waals surface area contributed by atoms with Gasteiger partial charge in [-0.25, -0.2) is 4.57 Å². The van der Waals surface area contributed by atoms with Gasteiger partial charge in [-0.15, -0.1) is 0 Å². The van der Waals surface area contributed by atoms with E-state index >= 15 is 0 Å². The lowest BCUT2D eigenvalue weighted by atomic mass is 10.2. The predicted molar refractivity (Wildman–Crippen MR) is 119 cm³/mol. The molecule has 1 atom stereocenters. The van der Waals surface area contributed by atoms with Gasteiger partial charge in [0.1, 0.15) is 11.5 Å². The van der Waals surface area contributed by atoms with Crippen molar-refractivity contribution in [2.75, 3.05) is 5.32 Å². The minimum absolute atomic E-state index is 0.464. The van der Waals surface area contributed by atoms with Gasteiger partial charge in [0.15, 0.2) is 5.78 Å². The highest BCUT2D eigenvalue weighted by Gasteiger charge is 2.41. The van der Waals surface area contributed by atoms with Crippen molar-refractivity contribution in [3.8, 4) is 11.5 Å². The van der Waals surface area contributed by atoms with Crippen LogP contribution in [0.1, 0.15) is 11.3 Å². The average molecular weight is 416 g/mol. The van der Waals surface area contributed by atoms with Gasteiger partial charge in [0.25, 0.3) is 0 Å². The topological polar surface area (TPSA) is 60.5 Å². The lowest BCUT2D eigenvalue weighted by molar-refractivity contribution is 0.376. The molecule has 5 nitrogen and oxygen atoms in total. The molecule has 0 fully saturated rings. The third-order valence-electron chi connectivity index (χ3n) is 4.37. The molecule has 0 radical (unpaired) electrons. The second-order valence-corrected chi connectivity index (χ2v) is 8.50. The second kappa shape index (κ2) is 9.29. The molecule has 6 heteroatoms. The van der Waals surface area contributed by atoms with Crippen molar-refractivity contribution < 1.29 is 13.6 Å². The van der Waals surface area contributed by atoms with E-state index in [-0.39, 0.29) is 0 Å². The fourth-order valence-corrected chi connectivity index (χ4v) is 4.89. The molecule has 1 aromatic heterocycles. The van der Waals surface area contributed by atoms with Gasteiger partial charge in [0.2, 0.25) is 0 Å². The molecule has 0 saturated heterocycles. The molecular formula is C24H21N2O3P. The summed E-state index contributed by atoms with van der Waals surface area (Å²) in [5.41, 5.74) is 1.54. The van der Waals surface area contributed by atoms with Gasteiger partial charge in [-0.1, -0.05) is 54.6 Å². The number of anilines is 1. The molecule has 4 aromatic rings. The minimum atomic E-state index is -3.80. The quantitative estimate of drug-likeness (QED) is 0.330. The first-order valence-electron chi connectivity index (χ1n) is 9.53. The van der Waals surface area contributed by atoms with Gasteiger partial charge in [-0.3, -0.25) is 4.98 Å². The molecule has 150 valence electrons. The maximum absolute atomic E-state index is 14.3. The number of nitrogens with one attached hydrogen (secondary N) is 1. The molecule has 0 spiro atoms. The highest BCUT2D eigenvalue weighted by Crippen LogP contribution is 2.60. The van der Waals surface area contributed by atoms with Crippen LogP contribution in [0.3, 0.4) is 0 Å². The van der Waals surface area contributed by atoms with Gasteiger partial charge < -0.3 is 14.4 Å². The normalized spacial score (nSPS) is 12.0. The number of hydrogen-bond acceptors (Lipinski definition) is 5. The second-order valence-electron chi connectivity index (χ2n) is 6.54. The van der Waals surface area contributed by atoms with Crippen LogP contribution in [0.15, 0.2) is 116 Å². The van der Waals surface area contributed by atoms with Crippen LogP contribution >= 0.6 is 7.60 Å². The van der Waals surface area contributed by atoms with Crippen LogP contribution in [0.2, 0.25) is 0 Å². The number of hydrogen-bond donors (Lipinski definition) is 1. The molecule has 0 aliphatic carbocycles. The summed E-state index contributed by atoms with van der Waals surface area (Å²) < 4.78 is 26.4. The fraction of sp³-hybridized carbons (Fsp3) is 0.0417. The van der Waals surface area contributed by atoms with Crippen molar-refractivity contribution in [3.05, 3.63) is 121 Å². The Labute approximate surface area is 175 Å². The van der Waals surface area contributed by atoms with Gasteiger partial charge in [-0.2, -0.15) is 0 Å². The Bertz CT molecular complexity index is 1050.